The standard InChI is InChI=1S/C41H52ClFN4O6S/c1-25-26(2)54(50,51)44-39(48)27-6-10-37-36(18-27)47(22-40(24-53-37)11-3-4-32-34(40)8-9-35(42)38(32)43)19-28-5-7-33(28)41(49,30-16-29(25)17-30)23-45-12-13-46-14-15-52-21-31(46)20-45/h6,8-10,16,18,25-26,28-29,31,33,49H,3-5,7,11-15,17,19-24H2,1-2H3,(H,44,48)/t25-,26-,28+,29+,31+,33-,40+,41+/m1/s1. The van der Waals surface area contributed by atoms with E-state index in [-0.39, 0.29) is 40.1 Å². The number of benzene rings is 2. The minimum atomic E-state index is -4.03. The summed E-state index contributed by atoms with van der Waals surface area (Å²) in [6, 6.07) is 9.02. The molecule has 10 rings (SSSR count). The van der Waals surface area contributed by atoms with Crippen molar-refractivity contribution in [2.24, 2.45) is 23.7 Å². The number of allylic oxidation sites excluding steroid dienone is 1. The monoisotopic (exact) mass is 782 g/mol. The number of halogens is 2. The molecular formula is C41H52ClFN4O6S. The third kappa shape index (κ3) is 6.18. The highest BCUT2D eigenvalue weighted by molar-refractivity contribution is 7.90. The first kappa shape index (κ1) is 36.9. The first-order chi connectivity index (χ1) is 25.8. The maximum absolute atomic E-state index is 15.6. The van der Waals surface area contributed by atoms with Gasteiger partial charge in [0.2, 0.25) is 10.0 Å². The fourth-order valence-corrected chi connectivity index (χ4v) is 12.3. The molecule has 0 unspecified atom stereocenters. The van der Waals surface area contributed by atoms with E-state index < -0.39 is 32.2 Å². The van der Waals surface area contributed by atoms with Crippen LogP contribution in [0.3, 0.4) is 0 Å². The topological polar surface area (TPSA) is 112 Å². The average Bonchev–Trinajstić information content (AvgIpc) is 3.26. The number of rotatable bonds is 2. The van der Waals surface area contributed by atoms with Crippen molar-refractivity contribution in [1.29, 1.82) is 0 Å². The zero-order chi connectivity index (χ0) is 37.6. The Morgan fingerprint density at radius 3 is 2.74 bits per heavy atom. The van der Waals surface area contributed by atoms with Gasteiger partial charge in [-0.3, -0.25) is 14.6 Å². The summed E-state index contributed by atoms with van der Waals surface area (Å²) in [6.45, 7) is 10.6. The van der Waals surface area contributed by atoms with E-state index in [9.17, 15) is 18.3 Å². The lowest BCUT2D eigenvalue weighted by Crippen LogP contribution is -2.63. The Labute approximate surface area is 323 Å². The Morgan fingerprint density at radius 1 is 1.11 bits per heavy atom. The van der Waals surface area contributed by atoms with Gasteiger partial charge in [0.25, 0.3) is 5.91 Å². The van der Waals surface area contributed by atoms with Crippen molar-refractivity contribution >= 4 is 33.2 Å². The number of hydrogen-bond donors (Lipinski definition) is 2. The van der Waals surface area contributed by atoms with Crippen molar-refractivity contribution < 1.29 is 32.2 Å². The zero-order valence-corrected chi connectivity index (χ0v) is 32.8. The van der Waals surface area contributed by atoms with Gasteiger partial charge in [0.05, 0.1) is 35.8 Å². The molecule has 0 aromatic heterocycles. The molecule has 3 fully saturated rings. The number of amides is 1. The molecule has 2 saturated heterocycles. The van der Waals surface area contributed by atoms with Gasteiger partial charge in [0.1, 0.15) is 17.2 Å². The smallest absolute Gasteiger partial charge is 0.264 e. The molecule has 1 spiro atoms. The second-order valence-electron chi connectivity index (χ2n) is 17.3. The van der Waals surface area contributed by atoms with E-state index in [0.29, 0.717) is 68.7 Å². The van der Waals surface area contributed by atoms with Crippen LogP contribution in [0.4, 0.5) is 10.1 Å². The number of anilines is 1. The van der Waals surface area contributed by atoms with Crippen LogP contribution >= 0.6 is 11.6 Å². The van der Waals surface area contributed by atoms with Crippen LogP contribution in [0.1, 0.15) is 67.4 Å². The molecule has 13 heteroatoms. The SMILES string of the molecule is C[C@@H]1[C@@H](C)S(=O)(=O)NC(=O)c2ccc3c(c2)N(C[C@@H]2CC[C@H]2[C@](O)(CN2CCN4CCOC[C@@H]4C2)C2=C[C@H]1C2)C[C@@]1(CCCc2c1ccc(Cl)c2F)CO3. The normalized spacial score (nSPS) is 36.6. The second-order valence-corrected chi connectivity index (χ2v) is 19.8. The molecule has 5 heterocycles. The largest absolute Gasteiger partial charge is 0.490 e. The van der Waals surface area contributed by atoms with E-state index in [0.717, 1.165) is 69.6 Å². The number of β-amino-alcohol motifs (C(OH)–C–C–N with tert-alkyl or cyclic N) is 1. The molecule has 8 aliphatic rings. The Kier molecular flexibility index (Phi) is 9.37. The van der Waals surface area contributed by atoms with Crippen LogP contribution in [0, 0.1) is 29.5 Å². The fourth-order valence-electron chi connectivity index (χ4n) is 10.8. The van der Waals surface area contributed by atoms with Crippen molar-refractivity contribution in [2.75, 3.05) is 70.5 Å². The molecule has 2 aromatic carbocycles. The molecule has 3 aliphatic carbocycles. The van der Waals surface area contributed by atoms with Crippen LogP contribution in [0.5, 0.6) is 5.75 Å². The van der Waals surface area contributed by atoms with Gasteiger partial charge < -0.3 is 19.5 Å². The zero-order valence-electron chi connectivity index (χ0n) is 31.2. The first-order valence-corrected chi connectivity index (χ1v) is 21.8. The molecule has 2 N–H and O–H groups in total. The number of nitrogens with zero attached hydrogens (tertiary/aromatic N) is 3. The number of carbonyl (C=O) groups excluding carboxylic acids is 1. The lowest BCUT2D eigenvalue weighted by molar-refractivity contribution is -0.0998. The van der Waals surface area contributed by atoms with E-state index in [2.05, 4.69) is 25.5 Å². The lowest BCUT2D eigenvalue weighted by atomic mass is 9.58. The Bertz CT molecular complexity index is 1980. The molecule has 5 aliphatic heterocycles. The number of hydrogen-bond acceptors (Lipinski definition) is 9. The van der Waals surface area contributed by atoms with Crippen molar-refractivity contribution in [3.05, 3.63) is 69.5 Å². The molecule has 54 heavy (non-hydrogen) atoms. The third-order valence-corrected chi connectivity index (χ3v) is 16.6. The Morgan fingerprint density at radius 2 is 1.94 bits per heavy atom. The predicted octanol–water partition coefficient (Wildman–Crippen LogP) is 4.77. The van der Waals surface area contributed by atoms with Gasteiger partial charge in [0, 0.05) is 62.8 Å². The van der Waals surface area contributed by atoms with Gasteiger partial charge in [-0.2, -0.15) is 0 Å². The summed E-state index contributed by atoms with van der Waals surface area (Å²) in [5.74, 6) is -0.614. The predicted molar refractivity (Wildman–Crippen MR) is 205 cm³/mol. The third-order valence-electron chi connectivity index (χ3n) is 14.4. The molecule has 10 nitrogen and oxygen atoms in total. The van der Waals surface area contributed by atoms with Crippen LogP contribution in [0.2, 0.25) is 5.02 Å². The minimum Gasteiger partial charge on any atom is -0.490 e. The van der Waals surface area contributed by atoms with Gasteiger partial charge in [-0.25, -0.2) is 17.5 Å². The van der Waals surface area contributed by atoms with Gasteiger partial charge in [-0.1, -0.05) is 30.7 Å². The van der Waals surface area contributed by atoms with Crippen LogP contribution in [0.25, 0.3) is 0 Å². The number of ether oxygens (including phenoxy) is 2. The number of carbonyl (C=O) groups is 1. The maximum atomic E-state index is 15.6. The molecule has 4 bridgehead atoms. The number of piperazine rings is 1. The molecule has 8 atom stereocenters. The van der Waals surface area contributed by atoms with Crippen LogP contribution < -0.4 is 14.4 Å². The van der Waals surface area contributed by atoms with Crippen molar-refractivity contribution in [3.63, 3.8) is 0 Å². The minimum absolute atomic E-state index is 0.0142. The molecular weight excluding hydrogens is 731 g/mol. The molecule has 2 aromatic rings. The fraction of sp³-hybridized carbons (Fsp3) is 0.634. The maximum Gasteiger partial charge on any atom is 0.264 e. The van der Waals surface area contributed by atoms with Crippen LogP contribution in [0.15, 0.2) is 42.0 Å². The highest BCUT2D eigenvalue weighted by atomic mass is 35.5. The summed E-state index contributed by atoms with van der Waals surface area (Å²) in [5.41, 5.74) is 1.86. The average molecular weight is 783 g/mol. The number of sulfonamides is 1. The van der Waals surface area contributed by atoms with Crippen LogP contribution in [-0.4, -0.2) is 112 Å². The molecule has 0 radical (unpaired) electrons. The van der Waals surface area contributed by atoms with E-state index in [1.165, 1.54) is 0 Å². The summed E-state index contributed by atoms with van der Waals surface area (Å²) >= 11 is 6.29. The number of aliphatic hydroxyl groups is 1. The van der Waals surface area contributed by atoms with Crippen molar-refractivity contribution in [3.8, 4) is 5.75 Å². The van der Waals surface area contributed by atoms with Gasteiger partial charge >= 0.3 is 0 Å². The van der Waals surface area contributed by atoms with E-state index in [1.54, 1.807) is 31.2 Å². The van der Waals surface area contributed by atoms with E-state index in [4.69, 9.17) is 21.1 Å². The second kappa shape index (κ2) is 13.7. The summed E-state index contributed by atoms with van der Waals surface area (Å²) in [4.78, 5) is 20.9. The Balaban J connectivity index is 1.11. The first-order valence-electron chi connectivity index (χ1n) is 19.9. The molecule has 292 valence electrons. The van der Waals surface area contributed by atoms with Crippen molar-refractivity contribution in [1.82, 2.24) is 14.5 Å². The summed E-state index contributed by atoms with van der Waals surface area (Å²) in [7, 11) is -4.03. The molecule has 1 amide bonds. The lowest BCUT2D eigenvalue weighted by Gasteiger charge is -2.55. The number of fused-ring (bicyclic) bond motifs is 7. The summed E-state index contributed by atoms with van der Waals surface area (Å²) < 4.78 is 57.8. The summed E-state index contributed by atoms with van der Waals surface area (Å²) in [5, 5.41) is 12.4. The summed E-state index contributed by atoms with van der Waals surface area (Å²) in [6.07, 6.45) is 6.75. The Hall–Kier alpha value is -2.74. The van der Waals surface area contributed by atoms with Gasteiger partial charge in [-0.15, -0.1) is 0 Å². The number of morpholine rings is 1. The van der Waals surface area contributed by atoms with Gasteiger partial charge in [0.15, 0.2) is 0 Å². The van der Waals surface area contributed by atoms with Crippen LogP contribution in [-0.2, 0) is 26.6 Å². The van der Waals surface area contributed by atoms with Crippen molar-refractivity contribution in [2.45, 2.75) is 74.7 Å². The highest BCUT2D eigenvalue weighted by Gasteiger charge is 2.54. The quantitative estimate of drug-likeness (QED) is 0.417. The number of nitrogens with one attached hydrogen (secondary N) is 1. The highest BCUT2D eigenvalue weighted by Crippen LogP contribution is 2.53. The van der Waals surface area contributed by atoms with Gasteiger partial charge in [-0.05, 0) is 110 Å². The van der Waals surface area contributed by atoms with E-state index in [1.807, 2.05) is 13.0 Å². The molecule has 1 saturated carbocycles. The van der Waals surface area contributed by atoms with E-state index >= 15 is 4.39 Å².